The molecule has 5 heteroatoms. The monoisotopic (exact) mass is 304 g/mol. The van der Waals surface area contributed by atoms with Crippen LogP contribution in [0.1, 0.15) is 13.8 Å². The predicted octanol–water partition coefficient (Wildman–Crippen LogP) is 2.70. The van der Waals surface area contributed by atoms with E-state index in [2.05, 4.69) is 13.8 Å². The molecule has 4 nitrogen and oxygen atoms in total. The standard InChI is InChI=1S/C16H20N2O2S/c1-11-9-18(10-12(11)2)21(19,20)16-8-7-15(17)13-5-3-4-6-14(13)16/h3-8,11-12H,9-10,17H2,1-2H3. The highest BCUT2D eigenvalue weighted by molar-refractivity contribution is 7.89. The van der Waals surface area contributed by atoms with Crippen molar-refractivity contribution in [3.05, 3.63) is 36.4 Å². The molecule has 1 aliphatic rings. The number of nitrogen functional groups attached to an aromatic ring is 1. The Morgan fingerprint density at radius 3 is 2.19 bits per heavy atom. The van der Waals surface area contributed by atoms with Crippen LogP contribution >= 0.6 is 0 Å². The first kappa shape index (κ1) is 14.4. The van der Waals surface area contributed by atoms with Gasteiger partial charge in [0.1, 0.15) is 0 Å². The molecule has 1 saturated heterocycles. The number of fused-ring (bicyclic) bond motifs is 1. The number of anilines is 1. The third-order valence-corrected chi connectivity index (χ3v) is 6.38. The predicted molar refractivity (Wildman–Crippen MR) is 85.4 cm³/mol. The largest absolute Gasteiger partial charge is 0.398 e. The summed E-state index contributed by atoms with van der Waals surface area (Å²) in [4.78, 5) is 0.355. The number of benzene rings is 2. The molecular formula is C16H20N2O2S. The maximum atomic E-state index is 12.9. The number of hydrogen-bond donors (Lipinski definition) is 1. The van der Waals surface area contributed by atoms with Crippen LogP contribution in [-0.2, 0) is 10.0 Å². The molecule has 1 fully saturated rings. The molecule has 2 aromatic rings. The number of nitrogens with two attached hydrogens (primary N) is 1. The van der Waals surface area contributed by atoms with Crippen molar-refractivity contribution >= 4 is 26.5 Å². The van der Waals surface area contributed by atoms with E-state index in [1.807, 2.05) is 24.3 Å². The SMILES string of the molecule is CC1CN(S(=O)(=O)c2ccc(N)c3ccccc23)CC1C. The van der Waals surface area contributed by atoms with Crippen LogP contribution < -0.4 is 5.73 Å². The van der Waals surface area contributed by atoms with Crippen molar-refractivity contribution in [1.82, 2.24) is 4.31 Å². The number of sulfonamides is 1. The molecule has 1 heterocycles. The van der Waals surface area contributed by atoms with E-state index in [-0.39, 0.29) is 0 Å². The molecule has 1 aliphatic heterocycles. The Morgan fingerprint density at radius 2 is 1.57 bits per heavy atom. The van der Waals surface area contributed by atoms with E-state index in [1.54, 1.807) is 16.4 Å². The van der Waals surface area contributed by atoms with E-state index in [0.717, 1.165) is 5.39 Å². The highest BCUT2D eigenvalue weighted by Crippen LogP contribution is 2.33. The van der Waals surface area contributed by atoms with Gasteiger partial charge in [0.15, 0.2) is 0 Å². The molecule has 112 valence electrons. The normalized spacial score (nSPS) is 23.7. The van der Waals surface area contributed by atoms with Crippen molar-refractivity contribution in [3.8, 4) is 0 Å². The first-order valence-corrected chi connectivity index (χ1v) is 8.62. The van der Waals surface area contributed by atoms with Crippen molar-refractivity contribution in [2.45, 2.75) is 18.7 Å². The summed E-state index contributed by atoms with van der Waals surface area (Å²) in [6.07, 6.45) is 0. The molecule has 2 unspecified atom stereocenters. The third-order valence-electron chi connectivity index (χ3n) is 4.49. The van der Waals surface area contributed by atoms with Gasteiger partial charge in [0.2, 0.25) is 10.0 Å². The summed E-state index contributed by atoms with van der Waals surface area (Å²) in [6.45, 7) is 5.37. The van der Waals surface area contributed by atoms with Gasteiger partial charge in [-0.15, -0.1) is 0 Å². The van der Waals surface area contributed by atoms with Gasteiger partial charge in [-0.2, -0.15) is 4.31 Å². The van der Waals surface area contributed by atoms with E-state index in [0.29, 0.717) is 40.9 Å². The second-order valence-corrected chi connectivity index (χ2v) is 7.88. The minimum Gasteiger partial charge on any atom is -0.398 e. The Labute approximate surface area is 125 Å². The first-order valence-electron chi connectivity index (χ1n) is 7.18. The zero-order chi connectivity index (χ0) is 15.2. The summed E-state index contributed by atoms with van der Waals surface area (Å²) >= 11 is 0. The van der Waals surface area contributed by atoms with Crippen molar-refractivity contribution in [3.63, 3.8) is 0 Å². The zero-order valence-electron chi connectivity index (χ0n) is 12.3. The van der Waals surface area contributed by atoms with Crippen LogP contribution in [0.15, 0.2) is 41.3 Å². The Hall–Kier alpha value is -1.59. The van der Waals surface area contributed by atoms with E-state index >= 15 is 0 Å². The van der Waals surface area contributed by atoms with Gasteiger partial charge in [-0.3, -0.25) is 0 Å². The molecule has 2 atom stereocenters. The van der Waals surface area contributed by atoms with Crippen LogP contribution in [0.3, 0.4) is 0 Å². The van der Waals surface area contributed by atoms with Crippen LogP contribution in [0, 0.1) is 11.8 Å². The Bertz CT molecular complexity index is 776. The smallest absolute Gasteiger partial charge is 0.243 e. The van der Waals surface area contributed by atoms with Gasteiger partial charge < -0.3 is 5.73 Å². The maximum absolute atomic E-state index is 12.9. The molecule has 2 aromatic carbocycles. The van der Waals surface area contributed by atoms with E-state index < -0.39 is 10.0 Å². The van der Waals surface area contributed by atoms with Crippen molar-refractivity contribution < 1.29 is 8.42 Å². The van der Waals surface area contributed by atoms with Gasteiger partial charge >= 0.3 is 0 Å². The lowest BCUT2D eigenvalue weighted by Gasteiger charge is -2.18. The van der Waals surface area contributed by atoms with Crippen LogP contribution in [0.5, 0.6) is 0 Å². The van der Waals surface area contributed by atoms with Crippen molar-refractivity contribution in [2.75, 3.05) is 18.8 Å². The fourth-order valence-electron chi connectivity index (χ4n) is 2.93. The van der Waals surface area contributed by atoms with Crippen LogP contribution in [0.4, 0.5) is 5.69 Å². The maximum Gasteiger partial charge on any atom is 0.243 e. The number of nitrogens with zero attached hydrogens (tertiary/aromatic N) is 1. The molecular weight excluding hydrogens is 284 g/mol. The lowest BCUT2D eigenvalue weighted by molar-refractivity contribution is 0.464. The van der Waals surface area contributed by atoms with Gasteiger partial charge in [0, 0.05) is 29.5 Å². The fraction of sp³-hybridized carbons (Fsp3) is 0.375. The quantitative estimate of drug-likeness (QED) is 0.868. The average molecular weight is 304 g/mol. The lowest BCUT2D eigenvalue weighted by Crippen LogP contribution is -2.29. The minimum atomic E-state index is -3.47. The summed E-state index contributed by atoms with van der Waals surface area (Å²) in [6, 6.07) is 10.7. The zero-order valence-corrected chi connectivity index (χ0v) is 13.1. The average Bonchev–Trinajstić information content (AvgIpc) is 2.80. The molecule has 0 amide bonds. The number of hydrogen-bond acceptors (Lipinski definition) is 3. The molecule has 0 bridgehead atoms. The molecule has 0 aliphatic carbocycles. The highest BCUT2D eigenvalue weighted by Gasteiger charge is 2.35. The second kappa shape index (κ2) is 5.00. The molecule has 0 radical (unpaired) electrons. The topological polar surface area (TPSA) is 63.4 Å². The van der Waals surface area contributed by atoms with E-state index in [1.165, 1.54) is 0 Å². The van der Waals surface area contributed by atoms with E-state index in [4.69, 9.17) is 5.73 Å². The summed E-state index contributed by atoms with van der Waals surface area (Å²) in [5.74, 6) is 0.777. The lowest BCUT2D eigenvalue weighted by atomic mass is 10.0. The highest BCUT2D eigenvalue weighted by atomic mass is 32.2. The second-order valence-electron chi connectivity index (χ2n) is 5.98. The minimum absolute atomic E-state index is 0.355. The van der Waals surface area contributed by atoms with Crippen molar-refractivity contribution in [2.24, 2.45) is 11.8 Å². The Balaban J connectivity index is 2.14. The van der Waals surface area contributed by atoms with Gasteiger partial charge in [-0.25, -0.2) is 8.42 Å². The molecule has 0 spiro atoms. The Morgan fingerprint density at radius 1 is 1.00 bits per heavy atom. The van der Waals surface area contributed by atoms with Crippen molar-refractivity contribution in [1.29, 1.82) is 0 Å². The summed E-state index contributed by atoms with van der Waals surface area (Å²) in [5, 5.41) is 1.49. The third kappa shape index (κ3) is 2.30. The Kier molecular flexibility index (Phi) is 3.42. The van der Waals surface area contributed by atoms with Crippen LogP contribution in [0.2, 0.25) is 0 Å². The molecule has 2 N–H and O–H groups in total. The molecule has 0 saturated carbocycles. The van der Waals surface area contributed by atoms with Crippen LogP contribution in [-0.4, -0.2) is 25.8 Å². The molecule has 21 heavy (non-hydrogen) atoms. The molecule has 3 rings (SSSR count). The van der Waals surface area contributed by atoms with Gasteiger partial charge in [0.05, 0.1) is 4.90 Å². The summed E-state index contributed by atoms with van der Waals surface area (Å²) in [5.41, 5.74) is 6.56. The fourth-order valence-corrected chi connectivity index (χ4v) is 4.77. The van der Waals surface area contributed by atoms with E-state index in [9.17, 15) is 8.42 Å². The first-order chi connectivity index (χ1) is 9.91. The molecule has 0 aromatic heterocycles. The van der Waals surface area contributed by atoms with Crippen LogP contribution in [0.25, 0.3) is 10.8 Å². The van der Waals surface area contributed by atoms with Gasteiger partial charge in [-0.05, 0) is 24.0 Å². The van der Waals surface area contributed by atoms with Gasteiger partial charge in [0.25, 0.3) is 0 Å². The summed E-state index contributed by atoms with van der Waals surface area (Å²) < 4.78 is 27.5. The summed E-state index contributed by atoms with van der Waals surface area (Å²) in [7, 11) is -3.47. The van der Waals surface area contributed by atoms with Gasteiger partial charge in [-0.1, -0.05) is 38.1 Å². The number of rotatable bonds is 2.